The van der Waals surface area contributed by atoms with E-state index in [1.165, 1.54) is 12.3 Å². The van der Waals surface area contributed by atoms with Gasteiger partial charge in [-0.3, -0.25) is 14.6 Å². The SMILES string of the molecule is O=C1C=C(N[C@H](CO)Cc2ccc(O)cc2)C(=O)c2ncccc21. The van der Waals surface area contributed by atoms with E-state index in [4.69, 9.17) is 0 Å². The molecule has 0 fully saturated rings. The molecule has 0 radical (unpaired) electrons. The van der Waals surface area contributed by atoms with Crippen LogP contribution >= 0.6 is 0 Å². The summed E-state index contributed by atoms with van der Waals surface area (Å²) in [6.45, 7) is -0.214. The smallest absolute Gasteiger partial charge is 0.228 e. The molecule has 1 aliphatic carbocycles. The number of hydrogen-bond acceptors (Lipinski definition) is 6. The Morgan fingerprint density at radius 1 is 1.12 bits per heavy atom. The molecule has 1 atom stereocenters. The predicted octanol–water partition coefficient (Wildman–Crippen LogP) is 1.24. The fraction of sp³-hybridized carbons (Fsp3) is 0.167. The van der Waals surface area contributed by atoms with Gasteiger partial charge in [0.2, 0.25) is 5.78 Å². The van der Waals surface area contributed by atoms with E-state index in [9.17, 15) is 19.8 Å². The third-order valence-corrected chi connectivity index (χ3v) is 3.81. The fourth-order valence-corrected chi connectivity index (χ4v) is 2.59. The van der Waals surface area contributed by atoms with Gasteiger partial charge in [0.05, 0.1) is 23.9 Å². The van der Waals surface area contributed by atoms with Crippen molar-refractivity contribution in [3.05, 3.63) is 71.2 Å². The third-order valence-electron chi connectivity index (χ3n) is 3.81. The summed E-state index contributed by atoms with van der Waals surface area (Å²) in [5.41, 5.74) is 1.41. The summed E-state index contributed by atoms with van der Waals surface area (Å²) >= 11 is 0. The Kier molecular flexibility index (Phi) is 4.39. The highest BCUT2D eigenvalue weighted by molar-refractivity contribution is 6.23. The molecule has 122 valence electrons. The number of nitrogens with one attached hydrogen (secondary N) is 1. The predicted molar refractivity (Wildman–Crippen MR) is 86.8 cm³/mol. The molecule has 0 saturated carbocycles. The maximum atomic E-state index is 12.5. The van der Waals surface area contributed by atoms with Crippen LogP contribution in [0.3, 0.4) is 0 Å². The number of aliphatic hydroxyl groups excluding tert-OH is 1. The molecule has 1 aromatic heterocycles. The van der Waals surface area contributed by atoms with E-state index in [-0.39, 0.29) is 40.9 Å². The molecule has 2 aromatic rings. The van der Waals surface area contributed by atoms with Gasteiger partial charge in [0.1, 0.15) is 11.4 Å². The van der Waals surface area contributed by atoms with Gasteiger partial charge in [-0.1, -0.05) is 12.1 Å². The number of carbonyl (C=O) groups excluding carboxylic acids is 2. The maximum absolute atomic E-state index is 12.5. The van der Waals surface area contributed by atoms with Crippen molar-refractivity contribution in [2.24, 2.45) is 0 Å². The molecule has 0 bridgehead atoms. The second kappa shape index (κ2) is 6.64. The Morgan fingerprint density at radius 2 is 1.88 bits per heavy atom. The number of pyridine rings is 1. The second-order valence-corrected chi connectivity index (χ2v) is 5.55. The minimum absolute atomic E-state index is 0.119. The van der Waals surface area contributed by atoms with Gasteiger partial charge in [0.15, 0.2) is 5.78 Å². The third kappa shape index (κ3) is 3.18. The fourth-order valence-electron chi connectivity index (χ4n) is 2.59. The molecule has 1 aliphatic rings. The van der Waals surface area contributed by atoms with Gasteiger partial charge in [-0.05, 0) is 36.2 Å². The monoisotopic (exact) mass is 324 g/mol. The van der Waals surface area contributed by atoms with E-state index in [0.29, 0.717) is 6.42 Å². The first-order valence-corrected chi connectivity index (χ1v) is 7.49. The van der Waals surface area contributed by atoms with Crippen LogP contribution in [0.4, 0.5) is 0 Å². The van der Waals surface area contributed by atoms with Crippen molar-refractivity contribution in [3.8, 4) is 5.75 Å². The normalized spacial score (nSPS) is 14.8. The van der Waals surface area contributed by atoms with Crippen LogP contribution in [0, 0.1) is 0 Å². The molecule has 24 heavy (non-hydrogen) atoms. The number of phenols is 1. The van der Waals surface area contributed by atoms with E-state index in [2.05, 4.69) is 10.3 Å². The zero-order chi connectivity index (χ0) is 17.1. The molecule has 6 heteroatoms. The molecular weight excluding hydrogens is 308 g/mol. The van der Waals surface area contributed by atoms with E-state index in [1.807, 2.05) is 0 Å². The molecular formula is C18H16N2O4. The second-order valence-electron chi connectivity index (χ2n) is 5.55. The lowest BCUT2D eigenvalue weighted by molar-refractivity contribution is 0.0969. The number of rotatable bonds is 5. The van der Waals surface area contributed by atoms with Crippen LogP contribution in [-0.2, 0) is 6.42 Å². The number of Topliss-reactive ketones (excluding diaryl/α,β-unsaturated/α-hetero) is 1. The largest absolute Gasteiger partial charge is 0.508 e. The number of aliphatic hydroxyl groups is 1. The van der Waals surface area contributed by atoms with Crippen molar-refractivity contribution >= 4 is 11.6 Å². The quantitative estimate of drug-likeness (QED) is 0.765. The summed E-state index contributed by atoms with van der Waals surface area (Å²) in [4.78, 5) is 28.5. The van der Waals surface area contributed by atoms with Gasteiger partial charge in [0, 0.05) is 12.3 Å². The van der Waals surface area contributed by atoms with E-state index in [0.717, 1.165) is 5.56 Å². The molecule has 0 unspecified atom stereocenters. The lowest BCUT2D eigenvalue weighted by atomic mass is 9.96. The average molecular weight is 324 g/mol. The van der Waals surface area contributed by atoms with Crippen molar-refractivity contribution < 1.29 is 19.8 Å². The highest BCUT2D eigenvalue weighted by Gasteiger charge is 2.27. The van der Waals surface area contributed by atoms with E-state index < -0.39 is 6.04 Å². The van der Waals surface area contributed by atoms with Gasteiger partial charge >= 0.3 is 0 Å². The lowest BCUT2D eigenvalue weighted by Crippen LogP contribution is -2.38. The van der Waals surface area contributed by atoms with Crippen LogP contribution in [0.15, 0.2) is 54.4 Å². The summed E-state index contributed by atoms with van der Waals surface area (Å²) in [7, 11) is 0. The van der Waals surface area contributed by atoms with Gasteiger partial charge in [0.25, 0.3) is 0 Å². The number of ketones is 2. The minimum Gasteiger partial charge on any atom is -0.508 e. The number of carbonyl (C=O) groups is 2. The Morgan fingerprint density at radius 3 is 2.58 bits per heavy atom. The number of fused-ring (bicyclic) bond motifs is 1. The first-order valence-electron chi connectivity index (χ1n) is 7.49. The van der Waals surface area contributed by atoms with Crippen molar-refractivity contribution in [2.75, 3.05) is 6.61 Å². The lowest BCUT2D eigenvalue weighted by Gasteiger charge is -2.21. The number of allylic oxidation sites excluding steroid dienone is 2. The summed E-state index contributed by atoms with van der Waals surface area (Å²) in [5, 5.41) is 21.8. The van der Waals surface area contributed by atoms with Crippen LogP contribution in [0.5, 0.6) is 5.75 Å². The number of nitrogens with zero attached hydrogens (tertiary/aromatic N) is 1. The first kappa shape index (κ1) is 15.9. The molecule has 1 heterocycles. The van der Waals surface area contributed by atoms with Crippen LogP contribution in [0.25, 0.3) is 0 Å². The molecule has 6 nitrogen and oxygen atoms in total. The van der Waals surface area contributed by atoms with Crippen molar-refractivity contribution in [1.82, 2.24) is 10.3 Å². The zero-order valence-corrected chi connectivity index (χ0v) is 12.8. The molecule has 3 rings (SSSR count). The van der Waals surface area contributed by atoms with Crippen LogP contribution in [0.2, 0.25) is 0 Å². The standard InChI is InChI=1S/C18H16N2O4/c21-10-12(8-11-3-5-13(22)6-4-11)20-15-9-16(23)14-2-1-7-19-17(14)18(15)24/h1-7,9,12,20-22H,8,10H2/t12-/m0/s1. The molecule has 0 aliphatic heterocycles. The Bertz CT molecular complexity index is 812. The van der Waals surface area contributed by atoms with E-state index in [1.54, 1.807) is 36.4 Å². The maximum Gasteiger partial charge on any atom is 0.228 e. The van der Waals surface area contributed by atoms with E-state index >= 15 is 0 Å². The number of benzene rings is 1. The number of phenolic OH excluding ortho intramolecular Hbond substituents is 1. The summed E-state index contributed by atoms with van der Waals surface area (Å²) in [6.07, 6.45) is 3.14. The number of aromatic hydroxyl groups is 1. The molecule has 0 saturated heterocycles. The highest BCUT2D eigenvalue weighted by Crippen LogP contribution is 2.19. The Labute approximate surface area is 138 Å². The summed E-state index contributed by atoms with van der Waals surface area (Å²) in [6, 6.07) is 9.31. The first-order chi connectivity index (χ1) is 11.6. The minimum atomic E-state index is -0.442. The highest BCUT2D eigenvalue weighted by atomic mass is 16.3. The summed E-state index contributed by atoms with van der Waals surface area (Å²) < 4.78 is 0. The van der Waals surface area contributed by atoms with Crippen molar-refractivity contribution in [2.45, 2.75) is 12.5 Å². The zero-order valence-electron chi connectivity index (χ0n) is 12.8. The number of hydrogen-bond donors (Lipinski definition) is 3. The molecule has 3 N–H and O–H groups in total. The van der Waals surface area contributed by atoms with Gasteiger partial charge < -0.3 is 15.5 Å². The van der Waals surface area contributed by atoms with Crippen molar-refractivity contribution in [1.29, 1.82) is 0 Å². The topological polar surface area (TPSA) is 99.5 Å². The van der Waals surface area contributed by atoms with Crippen LogP contribution < -0.4 is 5.32 Å². The summed E-state index contributed by atoms with van der Waals surface area (Å²) in [5.74, 6) is -0.499. The molecule has 0 spiro atoms. The molecule has 1 aromatic carbocycles. The average Bonchev–Trinajstić information content (AvgIpc) is 2.60. The molecule has 0 amide bonds. The van der Waals surface area contributed by atoms with Gasteiger partial charge in [-0.2, -0.15) is 0 Å². The van der Waals surface area contributed by atoms with Gasteiger partial charge in [-0.15, -0.1) is 0 Å². The van der Waals surface area contributed by atoms with Crippen LogP contribution in [-0.4, -0.2) is 39.4 Å². The Balaban J connectivity index is 1.78. The number of aromatic nitrogens is 1. The van der Waals surface area contributed by atoms with Crippen molar-refractivity contribution in [3.63, 3.8) is 0 Å². The Hall–Kier alpha value is -2.99. The van der Waals surface area contributed by atoms with Crippen LogP contribution in [0.1, 0.15) is 26.4 Å². The van der Waals surface area contributed by atoms with Gasteiger partial charge in [-0.25, -0.2) is 0 Å².